The summed E-state index contributed by atoms with van der Waals surface area (Å²) < 4.78 is 0. The Bertz CT molecular complexity index is 854. The number of nitrogens with one attached hydrogen (secondary N) is 2. The maximum atomic E-state index is 11.4. The zero-order valence-electron chi connectivity index (χ0n) is 11.8. The van der Waals surface area contributed by atoms with E-state index in [9.17, 15) is 4.79 Å². The highest BCUT2D eigenvalue weighted by molar-refractivity contribution is 7.17. The maximum Gasteiger partial charge on any atom is 0.274 e. The highest BCUT2D eigenvalue weighted by Crippen LogP contribution is 2.26. The molecule has 0 saturated carbocycles. The van der Waals surface area contributed by atoms with Crippen LogP contribution >= 0.6 is 11.3 Å². The second-order valence-electron chi connectivity index (χ2n) is 4.53. The molecule has 0 aliphatic carbocycles. The number of benzene rings is 1. The maximum absolute atomic E-state index is 11.4. The second-order valence-corrected chi connectivity index (χ2v) is 5.64. The fourth-order valence-corrected chi connectivity index (χ4v) is 2.67. The number of anilines is 1. The number of thiophene rings is 1. The molecule has 0 radical (unpaired) electrons. The summed E-state index contributed by atoms with van der Waals surface area (Å²) in [5.41, 5.74) is 3.87. The molecule has 2 heterocycles. The largest absolute Gasteiger partial charge is 0.288 e. The molecule has 0 fully saturated rings. The first-order valence-corrected chi connectivity index (χ1v) is 7.42. The van der Waals surface area contributed by atoms with E-state index >= 15 is 0 Å². The number of hydrazone groups is 1. The van der Waals surface area contributed by atoms with Crippen molar-refractivity contribution < 1.29 is 0 Å². The number of hydrogen-bond acceptors (Lipinski definition) is 6. The monoisotopic (exact) mass is 311 g/mol. The lowest BCUT2D eigenvalue weighted by Gasteiger charge is -1.97. The van der Waals surface area contributed by atoms with Crippen molar-refractivity contribution in [3.05, 3.63) is 63.4 Å². The third kappa shape index (κ3) is 3.26. The van der Waals surface area contributed by atoms with E-state index in [-0.39, 0.29) is 11.5 Å². The van der Waals surface area contributed by atoms with Crippen molar-refractivity contribution in [2.45, 2.75) is 6.92 Å². The van der Waals surface area contributed by atoms with E-state index in [1.54, 1.807) is 24.5 Å². The number of rotatable bonds is 4. The molecule has 1 aromatic carbocycles. The highest BCUT2D eigenvalue weighted by atomic mass is 32.1. The molecule has 3 aromatic rings. The van der Waals surface area contributed by atoms with E-state index in [2.05, 4.69) is 43.9 Å². The van der Waals surface area contributed by atoms with Gasteiger partial charge in [0.25, 0.3) is 5.56 Å². The van der Waals surface area contributed by atoms with E-state index in [1.165, 1.54) is 10.4 Å². The van der Waals surface area contributed by atoms with Gasteiger partial charge in [-0.1, -0.05) is 30.3 Å². The van der Waals surface area contributed by atoms with Crippen molar-refractivity contribution in [1.29, 1.82) is 0 Å². The lowest BCUT2D eigenvalue weighted by molar-refractivity contribution is 0.897. The van der Waals surface area contributed by atoms with Gasteiger partial charge in [0.2, 0.25) is 5.95 Å². The highest BCUT2D eigenvalue weighted by Gasteiger charge is 2.01. The summed E-state index contributed by atoms with van der Waals surface area (Å²) in [4.78, 5) is 16.1. The van der Waals surface area contributed by atoms with Crippen LogP contribution in [0.1, 0.15) is 10.6 Å². The molecule has 0 bridgehead atoms. The third-order valence-electron chi connectivity index (χ3n) is 2.91. The summed E-state index contributed by atoms with van der Waals surface area (Å²) in [6.07, 6.45) is 1.68. The van der Waals surface area contributed by atoms with Crippen molar-refractivity contribution in [3.63, 3.8) is 0 Å². The average molecular weight is 311 g/mol. The van der Waals surface area contributed by atoms with Crippen LogP contribution in [-0.4, -0.2) is 21.4 Å². The Morgan fingerprint density at radius 1 is 1.18 bits per heavy atom. The first kappa shape index (κ1) is 14.2. The molecule has 0 aliphatic rings. The first-order valence-electron chi connectivity index (χ1n) is 6.60. The van der Waals surface area contributed by atoms with Gasteiger partial charge in [-0.3, -0.25) is 9.78 Å². The number of aromatic amines is 1. The van der Waals surface area contributed by atoms with Crippen LogP contribution in [0.4, 0.5) is 5.95 Å². The number of aromatic nitrogens is 3. The zero-order valence-corrected chi connectivity index (χ0v) is 12.6. The smallest absolute Gasteiger partial charge is 0.274 e. The van der Waals surface area contributed by atoms with E-state index in [0.717, 1.165) is 4.88 Å². The lowest BCUT2D eigenvalue weighted by atomic mass is 10.2. The Labute approximate surface area is 130 Å². The van der Waals surface area contributed by atoms with Gasteiger partial charge >= 0.3 is 0 Å². The van der Waals surface area contributed by atoms with Crippen LogP contribution < -0.4 is 11.0 Å². The SMILES string of the molecule is Cc1nnc(N/N=C\c2ccc(-c3ccccc3)s2)[nH]c1=O. The fraction of sp³-hybridized carbons (Fsp3) is 0.0667. The average Bonchev–Trinajstić information content (AvgIpc) is 3.01. The molecule has 0 spiro atoms. The predicted molar refractivity (Wildman–Crippen MR) is 88.4 cm³/mol. The minimum atomic E-state index is -0.282. The van der Waals surface area contributed by atoms with Gasteiger partial charge < -0.3 is 0 Å². The Hall–Kier alpha value is -2.80. The number of hydrogen-bond donors (Lipinski definition) is 2. The summed E-state index contributed by atoms with van der Waals surface area (Å²) in [6.45, 7) is 1.59. The molecule has 0 aliphatic heterocycles. The first-order chi connectivity index (χ1) is 10.7. The van der Waals surface area contributed by atoms with Crippen molar-refractivity contribution in [2.75, 3.05) is 5.43 Å². The Kier molecular flexibility index (Phi) is 4.06. The van der Waals surface area contributed by atoms with Crippen molar-refractivity contribution >= 4 is 23.5 Å². The lowest BCUT2D eigenvalue weighted by Crippen LogP contribution is -2.15. The van der Waals surface area contributed by atoms with Gasteiger partial charge in [0.1, 0.15) is 5.69 Å². The molecule has 3 rings (SSSR count). The van der Waals surface area contributed by atoms with Gasteiger partial charge in [0.15, 0.2) is 0 Å². The quantitative estimate of drug-likeness (QED) is 0.573. The molecule has 0 amide bonds. The van der Waals surface area contributed by atoms with Crippen molar-refractivity contribution in [1.82, 2.24) is 15.2 Å². The summed E-state index contributed by atoms with van der Waals surface area (Å²) >= 11 is 1.63. The van der Waals surface area contributed by atoms with Crippen LogP contribution in [-0.2, 0) is 0 Å². The zero-order chi connectivity index (χ0) is 15.4. The topological polar surface area (TPSA) is 83.0 Å². The molecular formula is C15H13N5OS. The van der Waals surface area contributed by atoms with Crippen LogP contribution in [0.15, 0.2) is 52.4 Å². The minimum Gasteiger partial charge on any atom is -0.288 e. The molecule has 7 heteroatoms. The summed E-state index contributed by atoms with van der Waals surface area (Å²) in [7, 11) is 0. The van der Waals surface area contributed by atoms with Crippen LogP contribution in [0, 0.1) is 6.92 Å². The summed E-state index contributed by atoms with van der Waals surface area (Å²) in [6, 6.07) is 14.2. The van der Waals surface area contributed by atoms with E-state index in [1.807, 2.05) is 24.3 Å². The molecule has 0 unspecified atom stereocenters. The Morgan fingerprint density at radius 3 is 2.77 bits per heavy atom. The van der Waals surface area contributed by atoms with Gasteiger partial charge in [0.05, 0.1) is 6.21 Å². The normalized spacial score (nSPS) is 11.0. The third-order valence-corrected chi connectivity index (χ3v) is 3.98. The molecule has 2 aromatic heterocycles. The molecular weight excluding hydrogens is 298 g/mol. The van der Waals surface area contributed by atoms with Gasteiger partial charge in [0, 0.05) is 9.75 Å². The van der Waals surface area contributed by atoms with Gasteiger partial charge in [-0.15, -0.1) is 21.5 Å². The van der Waals surface area contributed by atoms with E-state index < -0.39 is 0 Å². The molecule has 0 atom stereocenters. The summed E-state index contributed by atoms with van der Waals surface area (Å²) in [5, 5.41) is 11.6. The molecule has 22 heavy (non-hydrogen) atoms. The van der Waals surface area contributed by atoms with Crippen LogP contribution in [0.3, 0.4) is 0 Å². The van der Waals surface area contributed by atoms with Crippen molar-refractivity contribution in [2.24, 2.45) is 5.10 Å². The summed E-state index contributed by atoms with van der Waals surface area (Å²) in [5.74, 6) is 0.215. The molecule has 2 N–H and O–H groups in total. The van der Waals surface area contributed by atoms with Crippen molar-refractivity contribution in [3.8, 4) is 10.4 Å². The van der Waals surface area contributed by atoms with Crippen LogP contribution in [0.5, 0.6) is 0 Å². The Morgan fingerprint density at radius 2 is 2.00 bits per heavy atom. The van der Waals surface area contributed by atoms with Gasteiger partial charge in [-0.2, -0.15) is 5.10 Å². The number of nitrogens with zero attached hydrogens (tertiary/aromatic N) is 3. The van der Waals surface area contributed by atoms with Gasteiger partial charge in [-0.25, -0.2) is 5.43 Å². The number of aryl methyl sites for hydroxylation is 1. The van der Waals surface area contributed by atoms with Gasteiger partial charge in [-0.05, 0) is 24.6 Å². The number of H-pyrrole nitrogens is 1. The van der Waals surface area contributed by atoms with Crippen LogP contribution in [0.25, 0.3) is 10.4 Å². The second kappa shape index (κ2) is 6.31. The standard InChI is InChI=1S/C15H13N5OS/c1-10-14(21)17-15(20-18-10)19-16-9-12-7-8-13(22-12)11-5-3-2-4-6-11/h2-9H,1H3,(H2,17,19,20,21)/b16-9-. The predicted octanol–water partition coefficient (Wildman–Crippen LogP) is 2.65. The van der Waals surface area contributed by atoms with E-state index in [0.29, 0.717) is 5.69 Å². The minimum absolute atomic E-state index is 0.215. The molecule has 6 nitrogen and oxygen atoms in total. The fourth-order valence-electron chi connectivity index (χ4n) is 1.78. The Balaban J connectivity index is 1.70. The molecule has 110 valence electrons. The van der Waals surface area contributed by atoms with E-state index in [4.69, 9.17) is 0 Å². The van der Waals surface area contributed by atoms with Crippen LogP contribution in [0.2, 0.25) is 0 Å². The molecule has 0 saturated heterocycles.